The van der Waals surface area contributed by atoms with E-state index in [-0.39, 0.29) is 24.4 Å². The zero-order chi connectivity index (χ0) is 10.7. The van der Waals surface area contributed by atoms with Gasteiger partial charge in [0.15, 0.2) is 0 Å². The fourth-order valence-corrected chi connectivity index (χ4v) is 1.77. The Morgan fingerprint density at radius 1 is 1.64 bits per heavy atom. The van der Waals surface area contributed by atoms with Gasteiger partial charge in [-0.15, -0.1) is 0 Å². The molecule has 0 radical (unpaired) electrons. The molecule has 1 rings (SSSR count). The van der Waals surface area contributed by atoms with Crippen LogP contribution in [0.25, 0.3) is 0 Å². The van der Waals surface area contributed by atoms with Crippen LogP contribution in [-0.4, -0.2) is 35.8 Å². The SMILES string of the molecule is CC(=O)CN1CC(CC(C)C)NC1=O. The normalized spacial score (nSPS) is 21.6. The van der Waals surface area contributed by atoms with E-state index in [1.54, 1.807) is 4.90 Å². The molecule has 4 heteroatoms. The Kier molecular flexibility index (Phi) is 3.49. The van der Waals surface area contributed by atoms with Crippen LogP contribution in [0.4, 0.5) is 4.79 Å². The minimum absolute atomic E-state index is 0.0327. The maximum atomic E-state index is 11.4. The predicted molar refractivity (Wildman–Crippen MR) is 54.0 cm³/mol. The summed E-state index contributed by atoms with van der Waals surface area (Å²) in [6, 6.07) is 0.104. The van der Waals surface area contributed by atoms with E-state index < -0.39 is 0 Å². The molecule has 0 bridgehead atoms. The van der Waals surface area contributed by atoms with Crippen molar-refractivity contribution in [3.63, 3.8) is 0 Å². The van der Waals surface area contributed by atoms with Gasteiger partial charge in [-0.25, -0.2) is 4.79 Å². The van der Waals surface area contributed by atoms with E-state index in [0.29, 0.717) is 12.5 Å². The number of carbonyl (C=O) groups is 2. The van der Waals surface area contributed by atoms with Crippen LogP contribution in [-0.2, 0) is 4.79 Å². The Balaban J connectivity index is 2.43. The first-order valence-electron chi connectivity index (χ1n) is 5.04. The average Bonchev–Trinajstić information content (AvgIpc) is 2.28. The molecule has 1 unspecified atom stereocenters. The van der Waals surface area contributed by atoms with Crippen LogP contribution in [0, 0.1) is 5.92 Å². The maximum Gasteiger partial charge on any atom is 0.318 e. The molecule has 0 aromatic rings. The zero-order valence-corrected chi connectivity index (χ0v) is 9.04. The first-order valence-corrected chi connectivity index (χ1v) is 5.04. The minimum Gasteiger partial charge on any atom is -0.333 e. The Bertz CT molecular complexity index is 238. The van der Waals surface area contributed by atoms with E-state index in [4.69, 9.17) is 0 Å². The molecule has 0 spiro atoms. The number of nitrogens with zero attached hydrogens (tertiary/aromatic N) is 1. The molecule has 0 aromatic heterocycles. The third-order valence-corrected chi connectivity index (χ3v) is 2.23. The van der Waals surface area contributed by atoms with Crippen molar-refractivity contribution in [2.75, 3.05) is 13.1 Å². The summed E-state index contributed by atoms with van der Waals surface area (Å²) in [7, 11) is 0. The molecule has 1 saturated heterocycles. The molecule has 1 heterocycles. The number of Topliss-reactive ketones (excluding diaryl/α,β-unsaturated/α-hetero) is 1. The van der Waals surface area contributed by atoms with Crippen molar-refractivity contribution in [1.29, 1.82) is 0 Å². The average molecular weight is 198 g/mol. The third-order valence-electron chi connectivity index (χ3n) is 2.23. The summed E-state index contributed by atoms with van der Waals surface area (Å²) >= 11 is 0. The van der Waals surface area contributed by atoms with Gasteiger partial charge in [-0.2, -0.15) is 0 Å². The molecule has 1 atom stereocenters. The van der Waals surface area contributed by atoms with Crippen molar-refractivity contribution in [2.24, 2.45) is 5.92 Å². The van der Waals surface area contributed by atoms with Gasteiger partial charge in [0.25, 0.3) is 0 Å². The van der Waals surface area contributed by atoms with E-state index in [9.17, 15) is 9.59 Å². The van der Waals surface area contributed by atoms with Crippen LogP contribution >= 0.6 is 0 Å². The number of ketones is 1. The lowest BCUT2D eigenvalue weighted by molar-refractivity contribution is -0.117. The number of rotatable bonds is 4. The highest BCUT2D eigenvalue weighted by molar-refractivity contribution is 5.85. The van der Waals surface area contributed by atoms with Gasteiger partial charge in [-0.05, 0) is 19.3 Å². The highest BCUT2D eigenvalue weighted by Crippen LogP contribution is 2.12. The highest BCUT2D eigenvalue weighted by atomic mass is 16.2. The number of nitrogens with one attached hydrogen (secondary N) is 1. The van der Waals surface area contributed by atoms with E-state index in [1.807, 2.05) is 0 Å². The number of urea groups is 1. The second-order valence-electron chi connectivity index (χ2n) is 4.36. The number of hydrogen-bond donors (Lipinski definition) is 1. The van der Waals surface area contributed by atoms with Gasteiger partial charge >= 0.3 is 6.03 Å². The molecule has 80 valence electrons. The minimum atomic E-state index is -0.106. The lowest BCUT2D eigenvalue weighted by atomic mass is 10.0. The van der Waals surface area contributed by atoms with E-state index >= 15 is 0 Å². The first-order chi connectivity index (χ1) is 6.49. The molecule has 0 aromatic carbocycles. The molecule has 0 saturated carbocycles. The number of carbonyl (C=O) groups excluding carboxylic acids is 2. The van der Waals surface area contributed by atoms with Gasteiger partial charge in [0, 0.05) is 12.6 Å². The van der Waals surface area contributed by atoms with E-state index in [0.717, 1.165) is 6.42 Å². The zero-order valence-electron chi connectivity index (χ0n) is 9.04. The Labute approximate surface area is 84.7 Å². The lowest BCUT2D eigenvalue weighted by Crippen LogP contribution is -2.32. The lowest BCUT2D eigenvalue weighted by Gasteiger charge is -2.13. The van der Waals surface area contributed by atoms with Crippen LogP contribution in [0.15, 0.2) is 0 Å². The van der Waals surface area contributed by atoms with Crippen LogP contribution in [0.2, 0.25) is 0 Å². The Morgan fingerprint density at radius 2 is 2.29 bits per heavy atom. The summed E-state index contributed by atoms with van der Waals surface area (Å²) in [5.41, 5.74) is 0. The second kappa shape index (κ2) is 4.44. The van der Waals surface area contributed by atoms with Crippen molar-refractivity contribution in [1.82, 2.24) is 10.2 Å². The number of hydrogen-bond acceptors (Lipinski definition) is 2. The quantitative estimate of drug-likeness (QED) is 0.733. The van der Waals surface area contributed by atoms with Gasteiger partial charge < -0.3 is 10.2 Å². The van der Waals surface area contributed by atoms with Crippen LogP contribution < -0.4 is 5.32 Å². The summed E-state index contributed by atoms with van der Waals surface area (Å²) in [4.78, 5) is 23.8. The van der Waals surface area contributed by atoms with Crippen molar-refractivity contribution < 1.29 is 9.59 Å². The third kappa shape index (κ3) is 3.01. The summed E-state index contributed by atoms with van der Waals surface area (Å²) in [5, 5.41) is 2.88. The van der Waals surface area contributed by atoms with Gasteiger partial charge in [0.2, 0.25) is 0 Å². The predicted octanol–water partition coefficient (Wildman–Crippen LogP) is 1.02. The molecule has 2 amide bonds. The van der Waals surface area contributed by atoms with Crippen molar-refractivity contribution >= 4 is 11.8 Å². The number of amides is 2. The maximum absolute atomic E-state index is 11.4. The molecule has 1 fully saturated rings. The fraction of sp³-hybridized carbons (Fsp3) is 0.800. The molecule has 4 nitrogen and oxygen atoms in total. The molecule has 1 N–H and O–H groups in total. The van der Waals surface area contributed by atoms with Crippen molar-refractivity contribution in [3.8, 4) is 0 Å². The summed E-state index contributed by atoms with van der Waals surface area (Å²) < 4.78 is 0. The Hall–Kier alpha value is -1.06. The van der Waals surface area contributed by atoms with Gasteiger partial charge in [0.05, 0.1) is 6.54 Å². The van der Waals surface area contributed by atoms with E-state index in [1.165, 1.54) is 6.92 Å². The van der Waals surface area contributed by atoms with Crippen LogP contribution in [0.5, 0.6) is 0 Å². The summed E-state index contributed by atoms with van der Waals surface area (Å²) in [5.74, 6) is 0.600. The first kappa shape index (κ1) is 11.0. The van der Waals surface area contributed by atoms with Crippen molar-refractivity contribution in [2.45, 2.75) is 33.2 Å². The molecular weight excluding hydrogens is 180 g/mol. The molecule has 1 aliphatic rings. The summed E-state index contributed by atoms with van der Waals surface area (Å²) in [6.07, 6.45) is 0.972. The highest BCUT2D eigenvalue weighted by Gasteiger charge is 2.29. The van der Waals surface area contributed by atoms with Crippen LogP contribution in [0.1, 0.15) is 27.2 Å². The molecular formula is C10H18N2O2. The van der Waals surface area contributed by atoms with Crippen LogP contribution in [0.3, 0.4) is 0 Å². The molecule has 0 aliphatic carbocycles. The molecule has 1 aliphatic heterocycles. The van der Waals surface area contributed by atoms with Crippen molar-refractivity contribution in [3.05, 3.63) is 0 Å². The van der Waals surface area contributed by atoms with E-state index in [2.05, 4.69) is 19.2 Å². The Morgan fingerprint density at radius 3 is 2.79 bits per heavy atom. The van der Waals surface area contributed by atoms with Gasteiger partial charge in [-0.1, -0.05) is 13.8 Å². The van der Waals surface area contributed by atoms with Gasteiger partial charge in [-0.3, -0.25) is 4.79 Å². The standard InChI is InChI=1S/C10H18N2O2/c1-7(2)4-9-6-12(5-8(3)13)10(14)11-9/h7,9H,4-6H2,1-3H3,(H,11,14). The fourth-order valence-electron chi connectivity index (χ4n) is 1.77. The second-order valence-corrected chi connectivity index (χ2v) is 4.36. The monoisotopic (exact) mass is 198 g/mol. The van der Waals surface area contributed by atoms with Gasteiger partial charge in [0.1, 0.15) is 5.78 Å². The summed E-state index contributed by atoms with van der Waals surface area (Å²) in [6.45, 7) is 6.65. The molecule has 14 heavy (non-hydrogen) atoms. The topological polar surface area (TPSA) is 49.4 Å². The smallest absolute Gasteiger partial charge is 0.318 e. The largest absolute Gasteiger partial charge is 0.333 e.